The van der Waals surface area contributed by atoms with E-state index in [0.717, 1.165) is 5.56 Å². The standard InChI is InChI=1S/C18H12I2N2O3S/c1-9-4-2-3-5-14(9)22-17(25)11(16(24)21-18(22)26)6-10-7-12(19)15(23)13(20)8-10/h2-8,23H,1H3,(H,21,24,26). The summed E-state index contributed by atoms with van der Waals surface area (Å²) in [5.74, 6) is -0.843. The first-order valence-electron chi connectivity index (χ1n) is 7.44. The minimum atomic E-state index is -0.539. The third-order valence-corrected chi connectivity index (χ3v) is 5.74. The van der Waals surface area contributed by atoms with E-state index in [2.05, 4.69) is 5.32 Å². The van der Waals surface area contributed by atoms with Crippen LogP contribution < -0.4 is 10.2 Å². The summed E-state index contributed by atoms with van der Waals surface area (Å²) in [7, 11) is 0. The van der Waals surface area contributed by atoms with Crippen molar-refractivity contribution in [3.63, 3.8) is 0 Å². The monoisotopic (exact) mass is 590 g/mol. The van der Waals surface area contributed by atoms with E-state index in [-0.39, 0.29) is 16.4 Å². The Balaban J connectivity index is 2.07. The number of anilines is 1. The molecule has 8 heteroatoms. The van der Waals surface area contributed by atoms with Crippen LogP contribution in [-0.2, 0) is 9.59 Å². The molecule has 0 atom stereocenters. The Labute approximate surface area is 182 Å². The topological polar surface area (TPSA) is 69.6 Å². The van der Waals surface area contributed by atoms with Crippen LogP contribution in [0.5, 0.6) is 5.75 Å². The highest BCUT2D eigenvalue weighted by atomic mass is 127. The molecule has 0 saturated carbocycles. The van der Waals surface area contributed by atoms with E-state index in [1.54, 1.807) is 18.2 Å². The maximum atomic E-state index is 13.0. The van der Waals surface area contributed by atoms with Crippen molar-refractivity contribution in [1.82, 2.24) is 5.32 Å². The van der Waals surface area contributed by atoms with Gasteiger partial charge in [-0.15, -0.1) is 0 Å². The van der Waals surface area contributed by atoms with Crippen molar-refractivity contribution in [2.45, 2.75) is 6.92 Å². The van der Waals surface area contributed by atoms with Crippen LogP contribution in [0.3, 0.4) is 0 Å². The normalized spacial score (nSPS) is 16.2. The number of rotatable bonds is 2. The minimum Gasteiger partial charge on any atom is -0.506 e. The van der Waals surface area contributed by atoms with E-state index >= 15 is 0 Å². The number of aromatic hydroxyl groups is 1. The first-order valence-corrected chi connectivity index (χ1v) is 10.0. The van der Waals surface area contributed by atoms with Crippen LogP contribution in [0.1, 0.15) is 11.1 Å². The average molecular weight is 590 g/mol. The molecular formula is C18H12I2N2O3S. The number of aryl methyl sites for hydroxylation is 1. The van der Waals surface area contributed by atoms with Crippen LogP contribution in [-0.4, -0.2) is 22.0 Å². The van der Waals surface area contributed by atoms with Gasteiger partial charge in [-0.25, -0.2) is 0 Å². The van der Waals surface area contributed by atoms with E-state index in [0.29, 0.717) is 18.4 Å². The highest BCUT2D eigenvalue weighted by molar-refractivity contribution is 14.1. The molecule has 0 radical (unpaired) electrons. The number of thiocarbonyl (C=S) groups is 1. The minimum absolute atomic E-state index is 0.0147. The number of carbonyl (C=O) groups excluding carboxylic acids is 2. The third kappa shape index (κ3) is 3.62. The Morgan fingerprint density at radius 2 is 1.77 bits per heavy atom. The lowest BCUT2D eigenvalue weighted by Crippen LogP contribution is -2.54. The molecular weight excluding hydrogens is 578 g/mol. The molecule has 1 saturated heterocycles. The second-order valence-electron chi connectivity index (χ2n) is 5.58. The van der Waals surface area contributed by atoms with Crippen molar-refractivity contribution in [3.05, 3.63) is 60.2 Å². The smallest absolute Gasteiger partial charge is 0.270 e. The summed E-state index contributed by atoms with van der Waals surface area (Å²) in [6.07, 6.45) is 1.51. The third-order valence-electron chi connectivity index (χ3n) is 3.81. The van der Waals surface area contributed by atoms with Gasteiger partial charge in [0.15, 0.2) is 5.11 Å². The van der Waals surface area contributed by atoms with Gasteiger partial charge in [0.2, 0.25) is 0 Å². The number of halogens is 2. The van der Waals surface area contributed by atoms with Crippen molar-refractivity contribution in [1.29, 1.82) is 0 Å². The van der Waals surface area contributed by atoms with E-state index in [4.69, 9.17) is 12.2 Å². The van der Waals surface area contributed by atoms with Gasteiger partial charge < -0.3 is 5.11 Å². The van der Waals surface area contributed by atoms with Gasteiger partial charge in [0, 0.05) is 0 Å². The molecule has 1 heterocycles. The number of nitrogens with one attached hydrogen (secondary N) is 1. The summed E-state index contributed by atoms with van der Waals surface area (Å²) in [4.78, 5) is 26.7. The molecule has 2 N–H and O–H groups in total. The fourth-order valence-electron chi connectivity index (χ4n) is 2.53. The number of phenols is 1. The quantitative estimate of drug-likeness (QED) is 0.242. The maximum Gasteiger partial charge on any atom is 0.270 e. The number of para-hydroxylation sites is 1. The van der Waals surface area contributed by atoms with Crippen molar-refractivity contribution < 1.29 is 14.7 Å². The molecule has 0 spiro atoms. The van der Waals surface area contributed by atoms with Crippen LogP contribution >= 0.6 is 57.4 Å². The fraction of sp³-hybridized carbons (Fsp3) is 0.0556. The molecule has 132 valence electrons. The average Bonchev–Trinajstić information content (AvgIpc) is 2.58. The van der Waals surface area contributed by atoms with Crippen LogP contribution in [0.2, 0.25) is 0 Å². The molecule has 26 heavy (non-hydrogen) atoms. The van der Waals surface area contributed by atoms with Gasteiger partial charge in [0.05, 0.1) is 12.8 Å². The van der Waals surface area contributed by atoms with Crippen LogP contribution in [0.25, 0.3) is 6.08 Å². The number of hydrogen-bond donors (Lipinski definition) is 2. The summed E-state index contributed by atoms with van der Waals surface area (Å²) in [6.45, 7) is 1.87. The highest BCUT2D eigenvalue weighted by Crippen LogP contribution is 2.29. The van der Waals surface area contributed by atoms with Gasteiger partial charge >= 0.3 is 0 Å². The first kappa shape index (κ1) is 19.2. The Morgan fingerprint density at radius 3 is 2.38 bits per heavy atom. The molecule has 0 unspecified atom stereocenters. The van der Waals surface area contributed by atoms with Gasteiger partial charge in [-0.1, -0.05) is 18.2 Å². The van der Waals surface area contributed by atoms with Crippen molar-refractivity contribution in [3.8, 4) is 5.75 Å². The number of amides is 2. The van der Waals surface area contributed by atoms with Crippen LogP contribution in [0, 0.1) is 14.1 Å². The van der Waals surface area contributed by atoms with E-state index in [1.165, 1.54) is 11.0 Å². The number of carbonyl (C=O) groups is 2. The molecule has 0 aromatic heterocycles. The molecule has 1 aliphatic heterocycles. The molecule has 0 aliphatic carbocycles. The Hall–Kier alpha value is -1.53. The summed E-state index contributed by atoms with van der Waals surface area (Å²) < 4.78 is 1.27. The van der Waals surface area contributed by atoms with Crippen LogP contribution in [0.15, 0.2) is 42.0 Å². The fourth-order valence-corrected chi connectivity index (χ4v) is 4.62. The maximum absolute atomic E-state index is 13.0. The summed E-state index contributed by atoms with van der Waals surface area (Å²) >= 11 is 9.21. The van der Waals surface area contributed by atoms with E-state index < -0.39 is 11.8 Å². The number of benzene rings is 2. The molecule has 2 aromatic rings. The Bertz CT molecular complexity index is 965. The zero-order chi connectivity index (χ0) is 19.0. The predicted molar refractivity (Wildman–Crippen MR) is 121 cm³/mol. The molecule has 1 aliphatic rings. The SMILES string of the molecule is Cc1ccccc1N1C(=O)C(=Cc2cc(I)c(O)c(I)c2)C(=O)NC1=S. The lowest BCUT2D eigenvalue weighted by atomic mass is 10.1. The van der Waals surface area contributed by atoms with Crippen LogP contribution in [0.4, 0.5) is 5.69 Å². The summed E-state index contributed by atoms with van der Waals surface area (Å²) in [5.41, 5.74) is 2.13. The molecule has 0 bridgehead atoms. The Kier molecular flexibility index (Phi) is 5.63. The van der Waals surface area contributed by atoms with Crippen molar-refractivity contribution in [2.24, 2.45) is 0 Å². The van der Waals surface area contributed by atoms with Crippen molar-refractivity contribution >= 4 is 86.1 Å². The largest absolute Gasteiger partial charge is 0.506 e. The van der Waals surface area contributed by atoms with Crippen molar-refractivity contribution in [2.75, 3.05) is 4.90 Å². The molecule has 3 rings (SSSR count). The zero-order valence-corrected chi connectivity index (χ0v) is 18.5. The van der Waals surface area contributed by atoms with Gasteiger partial charge in [-0.3, -0.25) is 19.8 Å². The second-order valence-corrected chi connectivity index (χ2v) is 8.29. The lowest BCUT2D eigenvalue weighted by Gasteiger charge is -2.30. The van der Waals surface area contributed by atoms with Gasteiger partial charge in [0.25, 0.3) is 11.8 Å². The molecule has 1 fully saturated rings. The lowest BCUT2D eigenvalue weighted by molar-refractivity contribution is -0.122. The molecule has 2 aromatic carbocycles. The molecule has 2 amide bonds. The van der Waals surface area contributed by atoms with Gasteiger partial charge in [-0.05, 0) is 99.7 Å². The molecule has 5 nitrogen and oxygen atoms in total. The highest BCUT2D eigenvalue weighted by Gasteiger charge is 2.35. The second kappa shape index (κ2) is 7.61. The van der Waals surface area contributed by atoms with Gasteiger partial charge in [-0.2, -0.15) is 0 Å². The summed E-state index contributed by atoms with van der Waals surface area (Å²) in [5, 5.41) is 12.5. The van der Waals surface area contributed by atoms with E-state index in [1.807, 2.05) is 70.3 Å². The number of hydrogen-bond acceptors (Lipinski definition) is 4. The summed E-state index contributed by atoms with van der Waals surface area (Å²) in [6, 6.07) is 10.7. The number of phenolic OH excluding ortho intramolecular Hbond substituents is 1. The first-order chi connectivity index (χ1) is 12.3. The number of nitrogens with zero attached hydrogens (tertiary/aromatic N) is 1. The Morgan fingerprint density at radius 1 is 1.15 bits per heavy atom. The van der Waals surface area contributed by atoms with Gasteiger partial charge in [0.1, 0.15) is 11.3 Å². The predicted octanol–water partition coefficient (Wildman–Crippen LogP) is 3.74. The van der Waals surface area contributed by atoms with E-state index in [9.17, 15) is 14.7 Å². The zero-order valence-electron chi connectivity index (χ0n) is 13.4.